The van der Waals surface area contributed by atoms with E-state index in [0.29, 0.717) is 50.5 Å². The maximum Gasteiger partial charge on any atom is 0.314 e. The van der Waals surface area contributed by atoms with Crippen LogP contribution in [0.25, 0.3) is 0 Å². The Kier molecular flexibility index (Phi) is 16.5. The van der Waals surface area contributed by atoms with Crippen LogP contribution in [-0.4, -0.2) is 232 Å². The topological polar surface area (TPSA) is 374 Å². The zero-order valence-corrected chi connectivity index (χ0v) is 38.8. The molecule has 4 heterocycles. The lowest BCUT2D eigenvalue weighted by atomic mass is 9.42. The second kappa shape index (κ2) is 20.7. The van der Waals surface area contributed by atoms with Crippen LogP contribution >= 0.6 is 0 Å². The van der Waals surface area contributed by atoms with E-state index in [9.17, 15) is 76.3 Å². The Morgan fingerprint density at radius 3 is 1.56 bits per heavy atom. The number of ether oxygens (including phenoxy) is 8. The minimum Gasteiger partial charge on any atom is -0.432 e. The van der Waals surface area contributed by atoms with Crippen molar-refractivity contribution in [2.24, 2.45) is 28.1 Å². The second-order valence-corrected chi connectivity index (χ2v) is 21.2. The number of hydrogen-bond donors (Lipinski definition) is 14. The van der Waals surface area contributed by atoms with E-state index in [2.05, 4.69) is 20.4 Å². The summed E-state index contributed by atoms with van der Waals surface area (Å²) in [5.74, 6) is -1.03. The van der Waals surface area contributed by atoms with Crippen molar-refractivity contribution in [2.45, 2.75) is 207 Å². The van der Waals surface area contributed by atoms with Crippen molar-refractivity contribution in [1.82, 2.24) is 0 Å². The number of esters is 1. The molecule has 14 N–H and O–H groups in total. The minimum absolute atomic E-state index is 0.0428. The van der Waals surface area contributed by atoms with Crippen molar-refractivity contribution < 1.29 is 114 Å². The first kappa shape index (κ1) is 54.2. The molecular weight excluding hydrogens is 908 g/mol. The number of fused-ring (bicyclic) bond motifs is 3. The molecule has 0 aromatic heterocycles. The minimum atomic E-state index is -1.90. The Hall–Kier alpha value is -1.63. The Labute approximate surface area is 393 Å². The fraction of sp³-hybridized carbons (Fsp3) is 0.933. The predicted molar refractivity (Wildman–Crippen MR) is 226 cm³/mol. The van der Waals surface area contributed by atoms with E-state index >= 15 is 0 Å². The van der Waals surface area contributed by atoms with Crippen LogP contribution in [0.2, 0.25) is 0 Å². The van der Waals surface area contributed by atoms with Crippen LogP contribution in [0.3, 0.4) is 0 Å². The fourth-order valence-corrected chi connectivity index (χ4v) is 12.7. The molecule has 26 atom stereocenters. The highest BCUT2D eigenvalue weighted by atomic mass is 16.8. The molecule has 4 saturated heterocycles. The lowest BCUT2D eigenvalue weighted by Crippen LogP contribution is -2.65. The highest BCUT2D eigenvalue weighted by Crippen LogP contribution is 2.68. The summed E-state index contributed by atoms with van der Waals surface area (Å²) in [6.07, 6.45) is -29.2. The van der Waals surface area contributed by atoms with Crippen LogP contribution in [0.15, 0.2) is 12.2 Å². The maximum absolute atomic E-state index is 14.8. The third-order valence-corrected chi connectivity index (χ3v) is 16.9. The third kappa shape index (κ3) is 9.57. The largest absolute Gasteiger partial charge is 0.432 e. The number of aliphatic hydroxyl groups excluding tert-OH is 14. The van der Waals surface area contributed by atoms with Crippen molar-refractivity contribution in [1.29, 1.82) is 0 Å². The summed E-state index contributed by atoms with van der Waals surface area (Å²) in [4.78, 5) is 14.8. The number of carbonyl (C=O) groups excluding carboxylic acids is 1. The summed E-state index contributed by atoms with van der Waals surface area (Å²) in [7, 11) is 0. The molecule has 392 valence electrons. The van der Waals surface area contributed by atoms with Gasteiger partial charge in [-0.3, -0.25) is 4.79 Å². The summed E-state index contributed by atoms with van der Waals surface area (Å²) in [6.45, 7) is 9.38. The average molecular weight is 983 g/mol. The monoisotopic (exact) mass is 982 g/mol. The summed E-state index contributed by atoms with van der Waals surface area (Å²) >= 11 is 0. The summed E-state index contributed by atoms with van der Waals surface area (Å²) in [5, 5.41) is 147. The average Bonchev–Trinajstić information content (AvgIpc) is 3.40. The molecule has 7 rings (SSSR count). The van der Waals surface area contributed by atoms with Gasteiger partial charge in [0.25, 0.3) is 0 Å². The lowest BCUT2D eigenvalue weighted by Gasteiger charge is -2.62. The smallest absolute Gasteiger partial charge is 0.314 e. The third-order valence-electron chi connectivity index (χ3n) is 16.9. The Bertz CT molecular complexity index is 1740. The lowest BCUT2D eigenvalue weighted by molar-refractivity contribution is -0.367. The quantitative estimate of drug-likeness (QED) is 0.0648. The molecule has 4 aliphatic heterocycles. The van der Waals surface area contributed by atoms with E-state index in [1.54, 1.807) is 6.92 Å². The first-order valence-electron chi connectivity index (χ1n) is 23.7. The molecule has 0 spiro atoms. The first-order valence-corrected chi connectivity index (χ1v) is 23.7. The first-order chi connectivity index (χ1) is 31.9. The molecule has 23 heteroatoms. The van der Waals surface area contributed by atoms with Gasteiger partial charge in [-0.2, -0.15) is 0 Å². The Morgan fingerprint density at radius 1 is 0.544 bits per heavy atom. The van der Waals surface area contributed by atoms with Gasteiger partial charge in [-0.1, -0.05) is 26.8 Å². The molecular formula is C45H74O23. The predicted octanol–water partition coefficient (Wildman–Crippen LogP) is -4.48. The number of hydrogen-bond acceptors (Lipinski definition) is 23. The maximum atomic E-state index is 14.8. The highest BCUT2D eigenvalue weighted by molar-refractivity contribution is 5.77. The number of rotatable bonds is 12. The van der Waals surface area contributed by atoms with Crippen molar-refractivity contribution in [3.8, 4) is 0 Å². The summed E-state index contributed by atoms with van der Waals surface area (Å²) in [5.41, 5.74) is -2.52. The van der Waals surface area contributed by atoms with Crippen molar-refractivity contribution in [3.63, 3.8) is 0 Å². The Balaban J connectivity index is 1.09. The van der Waals surface area contributed by atoms with E-state index in [0.717, 1.165) is 6.42 Å². The van der Waals surface area contributed by atoms with Gasteiger partial charge in [0.1, 0.15) is 91.6 Å². The fourth-order valence-electron chi connectivity index (χ4n) is 12.7. The van der Waals surface area contributed by atoms with E-state index in [1.807, 2.05) is 6.92 Å². The van der Waals surface area contributed by atoms with E-state index < -0.39 is 172 Å². The van der Waals surface area contributed by atoms with Crippen molar-refractivity contribution in [3.05, 3.63) is 12.2 Å². The van der Waals surface area contributed by atoms with E-state index in [1.165, 1.54) is 0 Å². The molecule has 0 aromatic carbocycles. The van der Waals surface area contributed by atoms with Gasteiger partial charge < -0.3 is 109 Å². The van der Waals surface area contributed by atoms with Gasteiger partial charge in [-0.05, 0) is 87.0 Å². The molecule has 0 aromatic rings. The normalized spacial score (nSPS) is 53.5. The van der Waals surface area contributed by atoms with Gasteiger partial charge in [0.2, 0.25) is 6.29 Å². The summed E-state index contributed by atoms with van der Waals surface area (Å²) in [6, 6.07) is 0. The Morgan fingerprint density at radius 2 is 1.01 bits per heavy atom. The van der Waals surface area contributed by atoms with E-state index in [4.69, 9.17) is 37.9 Å². The van der Waals surface area contributed by atoms with Crippen LogP contribution in [0.5, 0.6) is 0 Å². The van der Waals surface area contributed by atoms with Crippen LogP contribution in [0.4, 0.5) is 0 Å². The van der Waals surface area contributed by atoms with Crippen LogP contribution < -0.4 is 0 Å². The van der Waals surface area contributed by atoms with Crippen LogP contribution in [-0.2, 0) is 42.7 Å². The van der Waals surface area contributed by atoms with Gasteiger partial charge in [0.15, 0.2) is 25.0 Å². The molecule has 3 saturated carbocycles. The molecule has 0 bridgehead atoms. The molecule has 7 aliphatic rings. The van der Waals surface area contributed by atoms with Crippen LogP contribution in [0.1, 0.15) is 79.1 Å². The van der Waals surface area contributed by atoms with E-state index in [-0.39, 0.29) is 17.3 Å². The van der Waals surface area contributed by atoms with Gasteiger partial charge >= 0.3 is 5.97 Å². The van der Waals surface area contributed by atoms with Gasteiger partial charge in [-0.15, -0.1) is 0 Å². The SMILES string of the molecule is C=C1C[C@@]2(C)CCC3[C@](C)(C(=O)OC4OC(CO)C(O)C(O)C4OC4OC(CO)C(O)C(O)C4O)CCC[C@@]3(C)[C@@H]2CC[C@@]1(C)OC1OC(CO)C(O)C(OC2OC(CO)C(O)C(O)C2O)C1O. The van der Waals surface area contributed by atoms with Gasteiger partial charge in [-0.25, -0.2) is 0 Å². The molecule has 0 amide bonds. The molecule has 3 aliphatic carbocycles. The van der Waals surface area contributed by atoms with Crippen molar-refractivity contribution in [2.75, 3.05) is 26.4 Å². The van der Waals surface area contributed by atoms with Gasteiger partial charge in [0.05, 0.1) is 37.4 Å². The highest BCUT2D eigenvalue weighted by Gasteiger charge is 2.64. The molecule has 23 nitrogen and oxygen atoms in total. The van der Waals surface area contributed by atoms with Crippen LogP contribution in [0, 0.1) is 28.1 Å². The molecule has 21 unspecified atom stereocenters. The standard InChI is InChI=1S/C45H74O23/c1-18-13-42(2)11-7-24-43(3,23(42)8-12-45(18,5)68-39-34(59)35(28(53)22(17-49)63-39)65-37-32(57)29(54)25(50)19(14-46)61-37)9-6-10-44(24,4)41(60)67-40-36(31(56)27(52)21(16-48)64-40)66-38-33(58)30(55)26(51)20(15-47)62-38/h19-40,46-59H,1,6-17H2,2-5H3/t19?,20?,21?,22?,23-,24?,25?,26?,27?,28?,29?,30?,31?,32?,33?,34?,35?,36?,37?,38?,39?,40?,42-,43+,44-,45-/m1/s1. The molecule has 68 heavy (non-hydrogen) atoms. The molecule has 7 fully saturated rings. The van der Waals surface area contributed by atoms with Gasteiger partial charge in [0, 0.05) is 0 Å². The molecule has 0 radical (unpaired) electrons. The second-order valence-electron chi connectivity index (χ2n) is 21.2. The number of aliphatic hydroxyl groups is 14. The summed E-state index contributed by atoms with van der Waals surface area (Å²) < 4.78 is 47.0. The zero-order valence-electron chi connectivity index (χ0n) is 38.8. The number of carbonyl (C=O) groups is 1. The zero-order chi connectivity index (χ0) is 50.0. The van der Waals surface area contributed by atoms with Crippen molar-refractivity contribution >= 4 is 5.97 Å².